The maximum Gasteiger partial charge on any atom is 0.261 e. The molecule has 0 fully saturated rings. The van der Waals surface area contributed by atoms with Crippen LogP contribution in [0, 0.1) is 0 Å². The molecule has 0 aliphatic carbocycles. The number of ether oxygens (including phenoxy) is 3. The Kier molecular flexibility index (Phi) is 11.5. The molecular weight excluding hydrogens is 540 g/mol. The van der Waals surface area contributed by atoms with Crippen LogP contribution in [0.3, 0.4) is 0 Å². The van der Waals surface area contributed by atoms with E-state index in [1.807, 2.05) is 60.7 Å². The molecule has 1 amide bonds. The third kappa shape index (κ3) is 9.51. The Balaban J connectivity index is 1.50. The molecule has 0 saturated carbocycles. The van der Waals surface area contributed by atoms with E-state index in [1.165, 1.54) is 6.42 Å². The summed E-state index contributed by atoms with van der Waals surface area (Å²) in [5.74, 6) is 1.65. The predicted octanol–water partition coefficient (Wildman–Crippen LogP) is 6.99. The molecule has 0 atom stereocenters. The topological polar surface area (TPSA) is 68.8 Å². The quantitative estimate of drug-likeness (QED) is 0.170. The lowest BCUT2D eigenvalue weighted by atomic mass is 10.2. The van der Waals surface area contributed by atoms with E-state index in [1.54, 1.807) is 12.1 Å². The summed E-state index contributed by atoms with van der Waals surface area (Å²) in [6.07, 6.45) is 4.38. The average Bonchev–Trinajstić information content (AvgIpc) is 2.88. The molecule has 3 rings (SSSR count). The van der Waals surface area contributed by atoms with Crippen molar-refractivity contribution in [1.29, 1.82) is 0 Å². The summed E-state index contributed by atoms with van der Waals surface area (Å²) in [7, 11) is 0. The van der Waals surface area contributed by atoms with Crippen molar-refractivity contribution in [2.45, 2.75) is 32.6 Å². The average molecular weight is 572 g/mol. The minimum absolute atomic E-state index is 0.179. The van der Waals surface area contributed by atoms with Gasteiger partial charge in [0.2, 0.25) is 0 Å². The summed E-state index contributed by atoms with van der Waals surface area (Å²) in [6, 6.07) is 22.3. The zero-order valence-corrected chi connectivity index (χ0v) is 22.7. The Bertz CT molecular complexity index is 1130. The molecule has 6 nitrogen and oxygen atoms in total. The van der Waals surface area contributed by atoms with Gasteiger partial charge in [0.05, 0.1) is 12.2 Å². The smallest absolute Gasteiger partial charge is 0.261 e. The number of carbonyl (C=O) groups is 1. The van der Waals surface area contributed by atoms with Crippen molar-refractivity contribution < 1.29 is 19.0 Å². The van der Waals surface area contributed by atoms with Crippen molar-refractivity contribution in [2.24, 2.45) is 0 Å². The van der Waals surface area contributed by atoms with Crippen molar-refractivity contribution in [3.05, 3.63) is 82.8 Å². The normalized spacial score (nSPS) is 10.4. The van der Waals surface area contributed by atoms with Gasteiger partial charge in [-0.2, -0.15) is 0 Å². The van der Waals surface area contributed by atoms with E-state index in [0.29, 0.717) is 42.6 Å². The Morgan fingerprint density at radius 2 is 1.58 bits per heavy atom. The van der Waals surface area contributed by atoms with Gasteiger partial charge in [-0.3, -0.25) is 10.1 Å². The minimum Gasteiger partial charge on any atom is -0.493 e. The van der Waals surface area contributed by atoms with Gasteiger partial charge in [-0.1, -0.05) is 66.4 Å². The second-order valence-corrected chi connectivity index (χ2v) is 9.32. The highest BCUT2D eigenvalue weighted by Gasteiger charge is 2.15. The summed E-state index contributed by atoms with van der Waals surface area (Å²) in [5.41, 5.74) is 1.11. The molecule has 3 aromatic carbocycles. The number of carbonyl (C=O) groups excluding carboxylic acids is 1. The SMILES string of the molecule is CCCCCCOc1ccc(Br)cc1C(=O)NC(=S)Nc1cccc(OCCOc2ccccc2)c1. The van der Waals surface area contributed by atoms with Crippen molar-refractivity contribution in [3.8, 4) is 17.2 Å². The first-order chi connectivity index (χ1) is 17.5. The van der Waals surface area contributed by atoms with Crippen LogP contribution in [0.15, 0.2) is 77.3 Å². The van der Waals surface area contributed by atoms with Crippen molar-refractivity contribution in [1.82, 2.24) is 5.32 Å². The number of halogens is 1. The standard InChI is InChI=1S/C28H31BrN2O4S/c1-2-3-4-8-16-35-26-15-14-21(29)19-25(26)27(32)31-28(36)30-22-10-9-13-24(20-22)34-18-17-33-23-11-6-5-7-12-23/h5-7,9-15,19-20H,2-4,8,16-18H2,1H3,(H2,30,31,32,36). The fourth-order valence-electron chi connectivity index (χ4n) is 3.35. The van der Waals surface area contributed by atoms with Crippen LogP contribution in [0.5, 0.6) is 17.2 Å². The van der Waals surface area contributed by atoms with Crippen LogP contribution < -0.4 is 24.8 Å². The number of thiocarbonyl (C=S) groups is 1. The second-order valence-electron chi connectivity index (χ2n) is 8.00. The minimum atomic E-state index is -0.345. The van der Waals surface area contributed by atoms with Gasteiger partial charge in [-0.15, -0.1) is 0 Å². The van der Waals surface area contributed by atoms with Crippen LogP contribution in [0.1, 0.15) is 43.0 Å². The molecule has 0 aromatic heterocycles. The summed E-state index contributed by atoms with van der Waals surface area (Å²) >= 11 is 8.80. The number of unbranched alkanes of at least 4 members (excludes halogenated alkanes) is 3. The summed E-state index contributed by atoms with van der Waals surface area (Å²) in [6.45, 7) is 3.55. The van der Waals surface area contributed by atoms with Gasteiger partial charge in [0.1, 0.15) is 30.5 Å². The van der Waals surface area contributed by atoms with Crippen LogP contribution in [0.25, 0.3) is 0 Å². The molecule has 8 heteroatoms. The second kappa shape index (κ2) is 15.1. The van der Waals surface area contributed by atoms with Crippen LogP contribution in [0.4, 0.5) is 5.69 Å². The predicted molar refractivity (Wildman–Crippen MR) is 151 cm³/mol. The van der Waals surface area contributed by atoms with E-state index >= 15 is 0 Å². The van der Waals surface area contributed by atoms with Gasteiger partial charge in [-0.05, 0) is 61.1 Å². The highest BCUT2D eigenvalue weighted by Crippen LogP contribution is 2.24. The van der Waals surface area contributed by atoms with Gasteiger partial charge < -0.3 is 19.5 Å². The lowest BCUT2D eigenvalue weighted by molar-refractivity contribution is 0.0973. The molecule has 36 heavy (non-hydrogen) atoms. The van der Waals surface area contributed by atoms with E-state index in [2.05, 4.69) is 33.5 Å². The number of hydrogen-bond acceptors (Lipinski definition) is 5. The first kappa shape index (κ1) is 27.5. The third-order valence-electron chi connectivity index (χ3n) is 5.12. The molecule has 0 radical (unpaired) electrons. The zero-order valence-electron chi connectivity index (χ0n) is 20.3. The Labute approximate surface area is 226 Å². The number of para-hydroxylation sites is 1. The van der Waals surface area contributed by atoms with Crippen molar-refractivity contribution >= 4 is 44.9 Å². The third-order valence-corrected chi connectivity index (χ3v) is 5.82. The number of amides is 1. The molecule has 0 aliphatic heterocycles. The van der Waals surface area contributed by atoms with E-state index < -0.39 is 0 Å². The molecule has 0 saturated heterocycles. The summed E-state index contributed by atoms with van der Waals surface area (Å²) in [5, 5.41) is 5.95. The molecule has 0 bridgehead atoms. The van der Waals surface area contributed by atoms with Crippen molar-refractivity contribution in [2.75, 3.05) is 25.1 Å². The number of anilines is 1. The maximum absolute atomic E-state index is 12.9. The molecule has 190 valence electrons. The summed E-state index contributed by atoms with van der Waals surface area (Å²) in [4.78, 5) is 12.9. The molecule has 0 aliphatic rings. The monoisotopic (exact) mass is 570 g/mol. The Hall–Kier alpha value is -3.10. The maximum atomic E-state index is 12.9. The fraction of sp³-hybridized carbons (Fsp3) is 0.286. The Morgan fingerprint density at radius 3 is 2.36 bits per heavy atom. The van der Waals surface area contributed by atoms with Gasteiger partial charge in [-0.25, -0.2) is 0 Å². The summed E-state index contributed by atoms with van der Waals surface area (Å²) < 4.78 is 18.1. The lowest BCUT2D eigenvalue weighted by Gasteiger charge is -2.14. The number of rotatable bonds is 13. The zero-order chi connectivity index (χ0) is 25.6. The Morgan fingerprint density at radius 1 is 0.833 bits per heavy atom. The van der Waals surface area contributed by atoms with E-state index in [9.17, 15) is 4.79 Å². The molecule has 3 aromatic rings. The molecule has 0 spiro atoms. The number of hydrogen-bond donors (Lipinski definition) is 2. The lowest BCUT2D eigenvalue weighted by Crippen LogP contribution is -2.34. The van der Waals surface area contributed by atoms with Gasteiger partial charge in [0, 0.05) is 16.2 Å². The van der Waals surface area contributed by atoms with E-state index in [4.69, 9.17) is 26.4 Å². The molecule has 0 unspecified atom stereocenters. The number of nitrogens with one attached hydrogen (secondary N) is 2. The van der Waals surface area contributed by atoms with Crippen LogP contribution in [0.2, 0.25) is 0 Å². The van der Waals surface area contributed by atoms with Gasteiger partial charge >= 0.3 is 0 Å². The molecule has 2 N–H and O–H groups in total. The number of benzene rings is 3. The van der Waals surface area contributed by atoms with E-state index in [0.717, 1.165) is 29.5 Å². The highest BCUT2D eigenvalue weighted by atomic mass is 79.9. The van der Waals surface area contributed by atoms with Gasteiger partial charge in [0.25, 0.3) is 5.91 Å². The first-order valence-corrected chi connectivity index (χ1v) is 13.2. The van der Waals surface area contributed by atoms with E-state index in [-0.39, 0.29) is 11.0 Å². The molecule has 0 heterocycles. The largest absolute Gasteiger partial charge is 0.493 e. The first-order valence-electron chi connectivity index (χ1n) is 12.0. The van der Waals surface area contributed by atoms with Crippen molar-refractivity contribution in [3.63, 3.8) is 0 Å². The molecular formula is C28H31BrN2O4S. The highest BCUT2D eigenvalue weighted by molar-refractivity contribution is 9.10. The van der Waals surface area contributed by atoms with Crippen LogP contribution >= 0.6 is 28.1 Å². The van der Waals surface area contributed by atoms with Gasteiger partial charge in [0.15, 0.2) is 5.11 Å². The fourth-order valence-corrected chi connectivity index (χ4v) is 3.92. The van der Waals surface area contributed by atoms with Crippen LogP contribution in [-0.4, -0.2) is 30.8 Å². The van der Waals surface area contributed by atoms with Crippen LogP contribution in [-0.2, 0) is 0 Å².